The van der Waals surface area contributed by atoms with Crippen molar-refractivity contribution in [3.8, 4) is 5.75 Å². The first-order chi connectivity index (χ1) is 7.93. The van der Waals surface area contributed by atoms with Crippen molar-refractivity contribution in [2.45, 2.75) is 33.8 Å². The Bertz CT molecular complexity index is 390. The maximum Gasteiger partial charge on any atom is 0.411 e. The highest BCUT2D eigenvalue weighted by atomic mass is 16.6. The molecule has 0 radical (unpaired) electrons. The Morgan fingerprint density at radius 1 is 1.24 bits per heavy atom. The lowest BCUT2D eigenvalue weighted by atomic mass is 10.1. The highest BCUT2D eigenvalue weighted by Gasteiger charge is 2.09. The lowest BCUT2D eigenvalue weighted by Gasteiger charge is -2.13. The van der Waals surface area contributed by atoms with Crippen LogP contribution < -0.4 is 10.1 Å². The summed E-state index contributed by atoms with van der Waals surface area (Å²) in [5.41, 5.74) is 2.67. The molecule has 94 valence electrons. The van der Waals surface area contributed by atoms with Gasteiger partial charge in [-0.2, -0.15) is 0 Å². The van der Waals surface area contributed by atoms with E-state index < -0.39 is 6.09 Å². The number of amides is 1. The van der Waals surface area contributed by atoms with Gasteiger partial charge in [0, 0.05) is 5.69 Å². The number of nitrogens with one attached hydrogen (secondary N) is 1. The maximum absolute atomic E-state index is 11.4. The molecule has 1 rings (SSSR count). The standard InChI is InChI=1S/C13H19NO3/c1-8(2)17-13(15)14-11-6-9(3)12(16-5)10(4)7-11/h6-8H,1-5H3,(H,14,15). The quantitative estimate of drug-likeness (QED) is 0.877. The van der Waals surface area contributed by atoms with Crippen LogP contribution in [0.25, 0.3) is 0 Å². The Kier molecular flexibility index (Phi) is 4.37. The zero-order chi connectivity index (χ0) is 13.0. The molecule has 1 aromatic carbocycles. The van der Waals surface area contributed by atoms with Crippen LogP contribution in [-0.2, 0) is 4.74 Å². The average Bonchev–Trinajstić information content (AvgIpc) is 2.15. The van der Waals surface area contributed by atoms with Gasteiger partial charge in [-0.1, -0.05) is 0 Å². The summed E-state index contributed by atoms with van der Waals surface area (Å²) in [5.74, 6) is 0.841. The summed E-state index contributed by atoms with van der Waals surface area (Å²) < 4.78 is 10.3. The van der Waals surface area contributed by atoms with Crippen LogP contribution in [0, 0.1) is 13.8 Å². The minimum Gasteiger partial charge on any atom is -0.496 e. The second kappa shape index (κ2) is 5.57. The lowest BCUT2D eigenvalue weighted by molar-refractivity contribution is 0.130. The van der Waals surface area contributed by atoms with E-state index >= 15 is 0 Å². The van der Waals surface area contributed by atoms with E-state index in [0.29, 0.717) is 5.69 Å². The van der Waals surface area contributed by atoms with Crippen molar-refractivity contribution in [1.29, 1.82) is 0 Å². The number of hydrogen-bond acceptors (Lipinski definition) is 3. The number of hydrogen-bond donors (Lipinski definition) is 1. The zero-order valence-corrected chi connectivity index (χ0v) is 11.0. The van der Waals surface area contributed by atoms with E-state index in [0.717, 1.165) is 16.9 Å². The first-order valence-corrected chi connectivity index (χ1v) is 5.57. The van der Waals surface area contributed by atoms with Crippen LogP contribution in [-0.4, -0.2) is 19.3 Å². The van der Waals surface area contributed by atoms with Gasteiger partial charge in [0.1, 0.15) is 5.75 Å². The van der Waals surface area contributed by atoms with E-state index in [4.69, 9.17) is 9.47 Å². The van der Waals surface area contributed by atoms with Gasteiger partial charge in [-0.05, 0) is 51.0 Å². The highest BCUT2D eigenvalue weighted by Crippen LogP contribution is 2.26. The molecule has 0 heterocycles. The van der Waals surface area contributed by atoms with Gasteiger partial charge in [0.2, 0.25) is 0 Å². The van der Waals surface area contributed by atoms with Crippen molar-refractivity contribution in [1.82, 2.24) is 0 Å². The molecule has 0 spiro atoms. The second-order valence-electron chi connectivity index (χ2n) is 4.22. The third-order valence-corrected chi connectivity index (χ3v) is 2.25. The Hall–Kier alpha value is -1.71. The third kappa shape index (κ3) is 3.66. The van der Waals surface area contributed by atoms with Gasteiger partial charge in [-0.3, -0.25) is 5.32 Å². The van der Waals surface area contributed by atoms with Gasteiger partial charge >= 0.3 is 6.09 Å². The van der Waals surface area contributed by atoms with E-state index in [2.05, 4.69) is 5.32 Å². The Labute approximate surface area is 102 Å². The highest BCUT2D eigenvalue weighted by molar-refractivity contribution is 5.85. The van der Waals surface area contributed by atoms with Crippen molar-refractivity contribution in [3.05, 3.63) is 23.3 Å². The van der Waals surface area contributed by atoms with Crippen LogP contribution in [0.3, 0.4) is 0 Å². The Balaban J connectivity index is 2.83. The molecule has 1 amide bonds. The summed E-state index contributed by atoms with van der Waals surface area (Å²) in [6.07, 6.45) is -0.570. The first-order valence-electron chi connectivity index (χ1n) is 5.57. The SMILES string of the molecule is COc1c(C)cc(NC(=O)OC(C)C)cc1C. The van der Waals surface area contributed by atoms with Crippen molar-refractivity contribution in [2.24, 2.45) is 0 Å². The summed E-state index contributed by atoms with van der Waals surface area (Å²) in [5, 5.41) is 2.69. The van der Waals surface area contributed by atoms with Gasteiger partial charge in [0.15, 0.2) is 0 Å². The smallest absolute Gasteiger partial charge is 0.411 e. The molecular formula is C13H19NO3. The van der Waals surface area contributed by atoms with Crippen LogP contribution in [0.15, 0.2) is 12.1 Å². The van der Waals surface area contributed by atoms with Gasteiger partial charge in [-0.15, -0.1) is 0 Å². The fourth-order valence-electron chi connectivity index (χ4n) is 1.71. The van der Waals surface area contributed by atoms with Crippen LogP contribution in [0.5, 0.6) is 5.75 Å². The molecule has 0 aliphatic carbocycles. The minimum atomic E-state index is -0.441. The molecule has 4 heteroatoms. The van der Waals surface area contributed by atoms with Crippen LogP contribution in [0.2, 0.25) is 0 Å². The van der Waals surface area contributed by atoms with Gasteiger partial charge < -0.3 is 9.47 Å². The van der Waals surface area contributed by atoms with Crippen LogP contribution >= 0.6 is 0 Å². The van der Waals surface area contributed by atoms with E-state index in [1.54, 1.807) is 7.11 Å². The first kappa shape index (κ1) is 13.4. The molecular weight excluding hydrogens is 218 g/mol. The van der Waals surface area contributed by atoms with Crippen LogP contribution in [0.1, 0.15) is 25.0 Å². The molecule has 17 heavy (non-hydrogen) atoms. The summed E-state index contributed by atoms with van der Waals surface area (Å²) in [6.45, 7) is 7.49. The molecule has 0 unspecified atom stereocenters. The van der Waals surface area contributed by atoms with Gasteiger partial charge in [-0.25, -0.2) is 4.79 Å². The predicted molar refractivity (Wildman–Crippen MR) is 67.7 cm³/mol. The number of aryl methyl sites for hydroxylation is 2. The second-order valence-corrected chi connectivity index (χ2v) is 4.22. The normalized spacial score (nSPS) is 10.2. The molecule has 0 atom stereocenters. The topological polar surface area (TPSA) is 47.6 Å². The molecule has 0 bridgehead atoms. The van der Waals surface area contributed by atoms with E-state index in [9.17, 15) is 4.79 Å². The van der Waals surface area contributed by atoms with E-state index in [-0.39, 0.29) is 6.10 Å². The summed E-state index contributed by atoms with van der Waals surface area (Å²) in [7, 11) is 1.63. The maximum atomic E-state index is 11.4. The molecule has 0 aliphatic rings. The monoisotopic (exact) mass is 237 g/mol. The molecule has 1 aromatic rings. The summed E-state index contributed by atoms with van der Waals surface area (Å²) in [4.78, 5) is 11.4. The van der Waals surface area contributed by atoms with E-state index in [1.165, 1.54) is 0 Å². The molecule has 0 aromatic heterocycles. The fraction of sp³-hybridized carbons (Fsp3) is 0.462. The number of carbonyl (C=O) groups excluding carboxylic acids is 1. The number of methoxy groups -OCH3 is 1. The Morgan fingerprint density at radius 3 is 2.18 bits per heavy atom. The van der Waals surface area contributed by atoms with Crippen molar-refractivity contribution in [2.75, 3.05) is 12.4 Å². The Morgan fingerprint density at radius 2 is 1.76 bits per heavy atom. The number of benzene rings is 1. The number of anilines is 1. The molecule has 1 N–H and O–H groups in total. The summed E-state index contributed by atoms with van der Waals surface area (Å²) in [6, 6.07) is 3.71. The average molecular weight is 237 g/mol. The van der Waals surface area contributed by atoms with Gasteiger partial charge in [0.25, 0.3) is 0 Å². The fourth-order valence-corrected chi connectivity index (χ4v) is 1.71. The molecule has 0 saturated carbocycles. The third-order valence-electron chi connectivity index (χ3n) is 2.25. The van der Waals surface area contributed by atoms with Crippen molar-refractivity contribution < 1.29 is 14.3 Å². The summed E-state index contributed by atoms with van der Waals surface area (Å²) >= 11 is 0. The molecule has 0 saturated heterocycles. The van der Waals surface area contributed by atoms with Crippen LogP contribution in [0.4, 0.5) is 10.5 Å². The van der Waals surface area contributed by atoms with Gasteiger partial charge in [0.05, 0.1) is 13.2 Å². The molecule has 4 nitrogen and oxygen atoms in total. The zero-order valence-electron chi connectivity index (χ0n) is 11.0. The van der Waals surface area contributed by atoms with E-state index in [1.807, 2.05) is 39.8 Å². The van der Waals surface area contributed by atoms with Crippen molar-refractivity contribution in [3.63, 3.8) is 0 Å². The van der Waals surface area contributed by atoms with Crippen molar-refractivity contribution >= 4 is 11.8 Å². The largest absolute Gasteiger partial charge is 0.496 e. The molecule has 0 aliphatic heterocycles. The number of carbonyl (C=O) groups is 1. The predicted octanol–water partition coefficient (Wildman–Crippen LogP) is 3.27. The lowest BCUT2D eigenvalue weighted by Crippen LogP contribution is -2.18. The molecule has 0 fully saturated rings. The number of rotatable bonds is 3. The number of ether oxygens (including phenoxy) is 2. The minimum absolute atomic E-state index is 0.129.